The highest BCUT2D eigenvalue weighted by atomic mass is 16.3. The molecule has 1 atom stereocenters. The molecule has 116 valence electrons. The molecule has 2 rings (SSSR count). The van der Waals surface area contributed by atoms with Gasteiger partial charge < -0.3 is 15.3 Å². The van der Waals surface area contributed by atoms with Crippen LogP contribution in [0.1, 0.15) is 27.5 Å². The van der Waals surface area contributed by atoms with E-state index in [1.165, 1.54) is 0 Å². The Hall–Kier alpha value is -2.17. The van der Waals surface area contributed by atoms with E-state index in [-0.39, 0.29) is 18.6 Å². The second-order valence-electron chi connectivity index (χ2n) is 5.43. The van der Waals surface area contributed by atoms with E-state index >= 15 is 0 Å². The first-order chi connectivity index (χ1) is 10.6. The van der Waals surface area contributed by atoms with Crippen LogP contribution in [0.25, 0.3) is 0 Å². The maximum Gasteiger partial charge on any atom is 0.253 e. The van der Waals surface area contributed by atoms with Gasteiger partial charge in [-0.2, -0.15) is 0 Å². The van der Waals surface area contributed by atoms with Gasteiger partial charge in [0.1, 0.15) is 0 Å². The smallest absolute Gasteiger partial charge is 0.253 e. The van der Waals surface area contributed by atoms with E-state index in [0.29, 0.717) is 12.1 Å². The molecule has 0 spiro atoms. The second kappa shape index (κ2) is 7.73. The summed E-state index contributed by atoms with van der Waals surface area (Å²) in [4.78, 5) is 13.5. The first-order valence-corrected chi connectivity index (χ1v) is 7.31. The zero-order chi connectivity index (χ0) is 15.9. The number of amides is 1. The molecule has 0 saturated heterocycles. The van der Waals surface area contributed by atoms with Crippen LogP contribution in [0.2, 0.25) is 0 Å². The molecule has 0 aromatic heterocycles. The van der Waals surface area contributed by atoms with Crippen LogP contribution in [0.15, 0.2) is 54.6 Å². The molecule has 4 nitrogen and oxygen atoms in total. The summed E-state index contributed by atoms with van der Waals surface area (Å²) in [5.74, 6) is -0.0105. The molecule has 1 amide bonds. The van der Waals surface area contributed by atoms with Crippen molar-refractivity contribution >= 4 is 5.91 Å². The lowest BCUT2D eigenvalue weighted by Gasteiger charge is -2.17. The Kier molecular flexibility index (Phi) is 5.69. The van der Waals surface area contributed by atoms with Gasteiger partial charge in [-0.3, -0.25) is 4.79 Å². The monoisotopic (exact) mass is 298 g/mol. The van der Waals surface area contributed by atoms with Crippen molar-refractivity contribution in [2.24, 2.45) is 0 Å². The summed E-state index contributed by atoms with van der Waals surface area (Å²) >= 11 is 0. The zero-order valence-electron chi connectivity index (χ0n) is 13.0. The number of hydrogen-bond donors (Lipinski definition) is 2. The van der Waals surface area contributed by atoms with Gasteiger partial charge in [0.05, 0.1) is 12.6 Å². The zero-order valence-corrected chi connectivity index (χ0v) is 13.0. The predicted molar refractivity (Wildman–Crippen MR) is 87.6 cm³/mol. The maximum absolute atomic E-state index is 12.0. The molecule has 4 heteroatoms. The first kappa shape index (κ1) is 16.2. The molecule has 0 bridgehead atoms. The summed E-state index contributed by atoms with van der Waals surface area (Å²) < 4.78 is 0. The minimum Gasteiger partial charge on any atom is -0.394 e. The predicted octanol–water partition coefficient (Wildman–Crippen LogP) is 2.21. The molecule has 22 heavy (non-hydrogen) atoms. The number of hydrogen-bond acceptors (Lipinski definition) is 3. The number of carbonyl (C=O) groups excluding carboxylic acids is 1. The Labute approximate surface area is 131 Å². The highest BCUT2D eigenvalue weighted by Gasteiger charge is 2.11. The van der Waals surface area contributed by atoms with Crippen LogP contribution in [-0.2, 0) is 6.54 Å². The summed E-state index contributed by atoms with van der Waals surface area (Å²) in [6, 6.07) is 17.3. The molecule has 0 radical (unpaired) electrons. The van der Waals surface area contributed by atoms with Gasteiger partial charge in [-0.25, -0.2) is 0 Å². The standard InChI is InChI=1S/C18H22N2O2/c1-20(2)18(22)16-10-6-7-14(11-16)12-19-17(13-21)15-8-4-3-5-9-15/h3-11,17,19,21H,12-13H2,1-2H3. The summed E-state index contributed by atoms with van der Waals surface area (Å²) in [5, 5.41) is 12.9. The Balaban J connectivity index is 2.05. The number of aliphatic hydroxyl groups is 1. The Morgan fingerprint density at radius 2 is 1.86 bits per heavy atom. The lowest BCUT2D eigenvalue weighted by molar-refractivity contribution is 0.0827. The van der Waals surface area contributed by atoms with Crippen molar-refractivity contribution < 1.29 is 9.90 Å². The lowest BCUT2D eigenvalue weighted by atomic mass is 10.1. The van der Waals surface area contributed by atoms with E-state index in [0.717, 1.165) is 11.1 Å². The van der Waals surface area contributed by atoms with E-state index in [1.807, 2.05) is 54.6 Å². The molecule has 2 aromatic rings. The quantitative estimate of drug-likeness (QED) is 0.860. The minimum atomic E-state index is -0.116. The molecule has 0 fully saturated rings. The van der Waals surface area contributed by atoms with Crippen molar-refractivity contribution in [2.45, 2.75) is 12.6 Å². The molecule has 2 N–H and O–H groups in total. The topological polar surface area (TPSA) is 52.6 Å². The van der Waals surface area contributed by atoms with E-state index in [1.54, 1.807) is 19.0 Å². The highest BCUT2D eigenvalue weighted by Crippen LogP contribution is 2.13. The van der Waals surface area contributed by atoms with Gasteiger partial charge >= 0.3 is 0 Å². The third-order valence-corrected chi connectivity index (χ3v) is 3.52. The second-order valence-corrected chi connectivity index (χ2v) is 5.43. The van der Waals surface area contributed by atoms with Crippen molar-refractivity contribution in [3.05, 3.63) is 71.3 Å². The molecule has 0 aliphatic heterocycles. The summed E-state index contributed by atoms with van der Waals surface area (Å²) in [6.45, 7) is 0.620. The van der Waals surface area contributed by atoms with Crippen LogP contribution in [0.5, 0.6) is 0 Å². The third kappa shape index (κ3) is 4.16. The first-order valence-electron chi connectivity index (χ1n) is 7.31. The van der Waals surface area contributed by atoms with E-state index < -0.39 is 0 Å². The number of carbonyl (C=O) groups is 1. The van der Waals surface area contributed by atoms with Crippen LogP contribution in [0, 0.1) is 0 Å². The van der Waals surface area contributed by atoms with Crippen LogP contribution in [-0.4, -0.2) is 36.6 Å². The largest absolute Gasteiger partial charge is 0.394 e. The Bertz CT molecular complexity index is 611. The Morgan fingerprint density at radius 1 is 1.14 bits per heavy atom. The average molecular weight is 298 g/mol. The van der Waals surface area contributed by atoms with Gasteiger partial charge in [-0.15, -0.1) is 0 Å². The summed E-state index contributed by atoms with van der Waals surface area (Å²) in [6.07, 6.45) is 0. The van der Waals surface area contributed by atoms with Crippen molar-refractivity contribution in [1.82, 2.24) is 10.2 Å². The van der Waals surface area contributed by atoms with Crippen molar-refractivity contribution in [3.63, 3.8) is 0 Å². The highest BCUT2D eigenvalue weighted by molar-refractivity contribution is 5.94. The molecule has 0 aliphatic carbocycles. The van der Waals surface area contributed by atoms with Gasteiger partial charge in [-0.1, -0.05) is 42.5 Å². The number of benzene rings is 2. The number of rotatable bonds is 6. The Morgan fingerprint density at radius 3 is 2.50 bits per heavy atom. The molecule has 1 unspecified atom stereocenters. The van der Waals surface area contributed by atoms with E-state index in [9.17, 15) is 9.90 Å². The summed E-state index contributed by atoms with van der Waals surface area (Å²) in [5.41, 5.74) is 2.73. The van der Waals surface area contributed by atoms with Crippen LogP contribution >= 0.6 is 0 Å². The fourth-order valence-corrected chi connectivity index (χ4v) is 2.29. The molecular weight excluding hydrogens is 276 g/mol. The summed E-state index contributed by atoms with van der Waals surface area (Å²) in [7, 11) is 3.48. The number of nitrogens with one attached hydrogen (secondary N) is 1. The van der Waals surface area contributed by atoms with Crippen LogP contribution in [0.3, 0.4) is 0 Å². The normalized spacial score (nSPS) is 12.0. The molecule has 0 saturated carbocycles. The van der Waals surface area contributed by atoms with Crippen molar-refractivity contribution in [2.75, 3.05) is 20.7 Å². The van der Waals surface area contributed by atoms with Crippen LogP contribution in [0.4, 0.5) is 0 Å². The molecule has 0 aliphatic rings. The van der Waals surface area contributed by atoms with Crippen molar-refractivity contribution in [1.29, 1.82) is 0 Å². The molecule has 0 heterocycles. The van der Waals surface area contributed by atoms with E-state index in [4.69, 9.17) is 0 Å². The van der Waals surface area contributed by atoms with Gasteiger partial charge in [-0.05, 0) is 23.3 Å². The third-order valence-electron chi connectivity index (χ3n) is 3.52. The SMILES string of the molecule is CN(C)C(=O)c1cccc(CNC(CO)c2ccccc2)c1. The van der Waals surface area contributed by atoms with Gasteiger partial charge in [0.2, 0.25) is 0 Å². The van der Waals surface area contributed by atoms with E-state index in [2.05, 4.69) is 5.32 Å². The van der Waals surface area contributed by atoms with Crippen LogP contribution < -0.4 is 5.32 Å². The van der Waals surface area contributed by atoms with Gasteiger partial charge in [0.25, 0.3) is 5.91 Å². The minimum absolute atomic E-state index is 0.0105. The van der Waals surface area contributed by atoms with Gasteiger partial charge in [0, 0.05) is 26.2 Å². The lowest BCUT2D eigenvalue weighted by Crippen LogP contribution is -2.24. The maximum atomic E-state index is 12.0. The fraction of sp³-hybridized carbons (Fsp3) is 0.278. The van der Waals surface area contributed by atoms with Gasteiger partial charge in [0.15, 0.2) is 0 Å². The molecule has 2 aromatic carbocycles. The average Bonchev–Trinajstić information content (AvgIpc) is 2.56. The van der Waals surface area contributed by atoms with Crippen molar-refractivity contribution in [3.8, 4) is 0 Å². The number of aliphatic hydroxyl groups excluding tert-OH is 1. The fourth-order valence-electron chi connectivity index (χ4n) is 2.29. The number of nitrogens with zero attached hydrogens (tertiary/aromatic N) is 1. The molecular formula is C18H22N2O2.